The smallest absolute Gasteiger partial charge is 0.338 e. The number of rotatable bonds is 4. The molecule has 0 aliphatic carbocycles. The molecule has 0 N–H and O–H groups in total. The molecule has 6 heteroatoms. The number of carbonyl (C=O) groups is 1. The second kappa shape index (κ2) is 6.05. The molecule has 1 unspecified atom stereocenters. The van der Waals surface area contributed by atoms with Crippen LogP contribution < -0.4 is 0 Å². The molecular formula is C15H17N3O3. The van der Waals surface area contributed by atoms with Gasteiger partial charge in [0.25, 0.3) is 0 Å². The third-order valence-electron chi connectivity index (χ3n) is 3.52. The number of aryl methyl sites for hydroxylation is 1. The lowest BCUT2D eigenvalue weighted by Crippen LogP contribution is -2.18. The van der Waals surface area contributed by atoms with Crippen LogP contribution in [-0.4, -0.2) is 40.1 Å². The van der Waals surface area contributed by atoms with E-state index in [9.17, 15) is 4.79 Å². The highest BCUT2D eigenvalue weighted by Crippen LogP contribution is 2.17. The Balaban J connectivity index is 1.68. The van der Waals surface area contributed by atoms with E-state index < -0.39 is 0 Å². The summed E-state index contributed by atoms with van der Waals surface area (Å²) in [5, 5.41) is 4.08. The second-order valence-corrected chi connectivity index (χ2v) is 5.07. The fourth-order valence-electron chi connectivity index (χ4n) is 2.40. The highest BCUT2D eigenvalue weighted by atomic mass is 16.6. The second-order valence-electron chi connectivity index (χ2n) is 5.07. The zero-order valence-electron chi connectivity index (χ0n) is 11.9. The SMILES string of the molecule is Cc1cc(C(=O)OCC2CCCO2)ccc1-n1cncn1. The van der Waals surface area contributed by atoms with Crippen molar-refractivity contribution in [3.8, 4) is 5.69 Å². The Labute approximate surface area is 122 Å². The third-order valence-corrected chi connectivity index (χ3v) is 3.52. The Hall–Kier alpha value is -2.21. The van der Waals surface area contributed by atoms with Gasteiger partial charge in [-0.25, -0.2) is 14.5 Å². The number of hydrogen-bond donors (Lipinski definition) is 0. The van der Waals surface area contributed by atoms with Crippen molar-refractivity contribution in [1.82, 2.24) is 14.8 Å². The van der Waals surface area contributed by atoms with Gasteiger partial charge in [-0.3, -0.25) is 0 Å². The maximum absolute atomic E-state index is 12.0. The van der Waals surface area contributed by atoms with E-state index in [1.54, 1.807) is 23.1 Å². The van der Waals surface area contributed by atoms with Gasteiger partial charge in [0, 0.05) is 6.61 Å². The molecule has 0 radical (unpaired) electrons. The van der Waals surface area contributed by atoms with Crippen LogP contribution in [0, 0.1) is 6.92 Å². The Bertz CT molecular complexity index is 619. The van der Waals surface area contributed by atoms with Crippen LogP contribution in [0.3, 0.4) is 0 Å². The van der Waals surface area contributed by atoms with E-state index >= 15 is 0 Å². The molecule has 2 heterocycles. The van der Waals surface area contributed by atoms with Crippen molar-refractivity contribution in [3.63, 3.8) is 0 Å². The molecule has 0 amide bonds. The van der Waals surface area contributed by atoms with E-state index in [2.05, 4.69) is 10.1 Å². The van der Waals surface area contributed by atoms with Gasteiger partial charge in [0.15, 0.2) is 0 Å². The predicted molar refractivity (Wildman–Crippen MR) is 75.4 cm³/mol. The first kappa shape index (κ1) is 13.8. The molecule has 1 saturated heterocycles. The lowest BCUT2D eigenvalue weighted by molar-refractivity contribution is 0.0161. The molecular weight excluding hydrogens is 270 g/mol. The fraction of sp³-hybridized carbons (Fsp3) is 0.400. The summed E-state index contributed by atoms with van der Waals surface area (Å²) in [6.07, 6.45) is 5.14. The molecule has 0 saturated carbocycles. The minimum atomic E-state index is -0.321. The van der Waals surface area contributed by atoms with Crippen LogP contribution in [0.4, 0.5) is 0 Å². The molecule has 110 valence electrons. The van der Waals surface area contributed by atoms with Gasteiger partial charge in [-0.15, -0.1) is 0 Å². The molecule has 1 aromatic carbocycles. The zero-order chi connectivity index (χ0) is 14.7. The van der Waals surface area contributed by atoms with Crippen LogP contribution in [0.25, 0.3) is 5.69 Å². The van der Waals surface area contributed by atoms with Gasteiger partial charge in [-0.2, -0.15) is 5.10 Å². The first-order chi connectivity index (χ1) is 10.2. The van der Waals surface area contributed by atoms with Gasteiger partial charge >= 0.3 is 5.97 Å². The Morgan fingerprint density at radius 2 is 2.43 bits per heavy atom. The molecule has 21 heavy (non-hydrogen) atoms. The lowest BCUT2D eigenvalue weighted by atomic mass is 10.1. The van der Waals surface area contributed by atoms with Crippen LogP contribution in [-0.2, 0) is 9.47 Å². The summed E-state index contributed by atoms with van der Waals surface area (Å²) in [4.78, 5) is 16.0. The Kier molecular flexibility index (Phi) is 3.96. The quantitative estimate of drug-likeness (QED) is 0.804. The first-order valence-electron chi connectivity index (χ1n) is 6.98. The molecule has 1 fully saturated rings. The monoisotopic (exact) mass is 287 g/mol. The maximum Gasteiger partial charge on any atom is 0.338 e. The number of benzene rings is 1. The molecule has 1 aliphatic heterocycles. The summed E-state index contributed by atoms with van der Waals surface area (Å²) in [6, 6.07) is 5.38. The van der Waals surface area contributed by atoms with Crippen LogP contribution >= 0.6 is 0 Å². The summed E-state index contributed by atoms with van der Waals surface area (Å²) in [5.74, 6) is -0.321. The first-order valence-corrected chi connectivity index (χ1v) is 6.98. The summed E-state index contributed by atoms with van der Waals surface area (Å²) >= 11 is 0. The van der Waals surface area contributed by atoms with Gasteiger partial charge in [0.05, 0.1) is 17.4 Å². The standard InChI is InChI=1S/C15H17N3O3/c1-11-7-12(4-5-14(11)18-10-16-9-17-18)15(19)21-8-13-3-2-6-20-13/h4-5,7,9-10,13H,2-3,6,8H2,1H3. The molecule has 1 aromatic heterocycles. The zero-order valence-corrected chi connectivity index (χ0v) is 11.9. The highest BCUT2D eigenvalue weighted by Gasteiger charge is 2.18. The van der Waals surface area contributed by atoms with Crippen LogP contribution in [0.5, 0.6) is 0 Å². The summed E-state index contributed by atoms with van der Waals surface area (Å²) in [5.41, 5.74) is 2.37. The van der Waals surface area contributed by atoms with E-state index in [-0.39, 0.29) is 12.1 Å². The summed E-state index contributed by atoms with van der Waals surface area (Å²) in [7, 11) is 0. The lowest BCUT2D eigenvalue weighted by Gasteiger charge is -2.11. The van der Waals surface area contributed by atoms with Gasteiger partial charge in [0.2, 0.25) is 0 Å². The number of nitrogens with zero attached hydrogens (tertiary/aromatic N) is 3. The van der Waals surface area contributed by atoms with Crippen molar-refractivity contribution in [1.29, 1.82) is 0 Å². The number of ether oxygens (including phenoxy) is 2. The normalized spacial score (nSPS) is 17.9. The topological polar surface area (TPSA) is 66.2 Å². The average molecular weight is 287 g/mol. The van der Waals surface area contributed by atoms with Gasteiger partial charge in [-0.05, 0) is 43.5 Å². The number of hydrogen-bond acceptors (Lipinski definition) is 5. The summed E-state index contributed by atoms with van der Waals surface area (Å²) < 4.78 is 12.4. The number of aromatic nitrogens is 3. The minimum Gasteiger partial charge on any atom is -0.459 e. The minimum absolute atomic E-state index is 0.0458. The van der Waals surface area contributed by atoms with Gasteiger partial charge in [-0.1, -0.05) is 0 Å². The number of esters is 1. The number of carbonyl (C=O) groups excluding carboxylic acids is 1. The van der Waals surface area contributed by atoms with Crippen molar-refractivity contribution >= 4 is 5.97 Å². The molecule has 3 rings (SSSR count). The maximum atomic E-state index is 12.0. The van der Waals surface area contributed by atoms with E-state index in [4.69, 9.17) is 9.47 Å². The Morgan fingerprint density at radius 3 is 3.10 bits per heavy atom. The van der Waals surface area contributed by atoms with Crippen molar-refractivity contribution in [2.45, 2.75) is 25.9 Å². The van der Waals surface area contributed by atoms with Crippen molar-refractivity contribution in [2.24, 2.45) is 0 Å². The molecule has 1 aliphatic rings. The van der Waals surface area contributed by atoms with Crippen LogP contribution in [0.15, 0.2) is 30.9 Å². The van der Waals surface area contributed by atoms with Crippen molar-refractivity contribution < 1.29 is 14.3 Å². The molecule has 6 nitrogen and oxygen atoms in total. The molecule has 0 spiro atoms. The van der Waals surface area contributed by atoms with Crippen LogP contribution in [0.2, 0.25) is 0 Å². The highest BCUT2D eigenvalue weighted by molar-refractivity contribution is 5.90. The summed E-state index contributed by atoms with van der Waals surface area (Å²) in [6.45, 7) is 3.00. The van der Waals surface area contributed by atoms with Crippen molar-refractivity contribution in [3.05, 3.63) is 42.0 Å². The third kappa shape index (κ3) is 3.11. The molecule has 0 bridgehead atoms. The van der Waals surface area contributed by atoms with E-state index in [0.717, 1.165) is 30.7 Å². The van der Waals surface area contributed by atoms with Crippen molar-refractivity contribution in [2.75, 3.05) is 13.2 Å². The molecule has 1 atom stereocenters. The molecule has 2 aromatic rings. The van der Waals surface area contributed by atoms with Crippen LogP contribution in [0.1, 0.15) is 28.8 Å². The van der Waals surface area contributed by atoms with Gasteiger partial charge < -0.3 is 9.47 Å². The largest absolute Gasteiger partial charge is 0.459 e. The van der Waals surface area contributed by atoms with Gasteiger partial charge in [0.1, 0.15) is 19.3 Å². The fourth-order valence-corrected chi connectivity index (χ4v) is 2.40. The Morgan fingerprint density at radius 1 is 1.52 bits per heavy atom. The average Bonchev–Trinajstić information content (AvgIpc) is 3.17. The van der Waals surface area contributed by atoms with E-state index in [0.29, 0.717) is 12.2 Å². The van der Waals surface area contributed by atoms with E-state index in [1.807, 2.05) is 13.0 Å². The van der Waals surface area contributed by atoms with E-state index in [1.165, 1.54) is 6.33 Å². The predicted octanol–water partition coefficient (Wildman–Crippen LogP) is 1.91.